The van der Waals surface area contributed by atoms with E-state index in [0.29, 0.717) is 30.7 Å². The Morgan fingerprint density at radius 1 is 1.36 bits per heavy atom. The SMILES string of the molecule is OCCOCCNc1ncc(Cl)cn1. The Bertz CT molecular complexity index is 255. The smallest absolute Gasteiger partial charge is 0.222 e. The number of hydrogen-bond acceptors (Lipinski definition) is 5. The highest BCUT2D eigenvalue weighted by Crippen LogP contribution is 2.04. The van der Waals surface area contributed by atoms with Gasteiger partial charge < -0.3 is 15.2 Å². The first-order valence-electron chi connectivity index (χ1n) is 4.23. The molecule has 0 amide bonds. The summed E-state index contributed by atoms with van der Waals surface area (Å²) in [6.45, 7) is 1.49. The van der Waals surface area contributed by atoms with Crippen molar-refractivity contribution < 1.29 is 9.84 Å². The fourth-order valence-corrected chi connectivity index (χ4v) is 0.903. The summed E-state index contributed by atoms with van der Waals surface area (Å²) >= 11 is 5.61. The van der Waals surface area contributed by atoms with Gasteiger partial charge in [-0.05, 0) is 0 Å². The Morgan fingerprint density at radius 3 is 2.71 bits per heavy atom. The van der Waals surface area contributed by atoms with Gasteiger partial charge >= 0.3 is 0 Å². The maximum atomic E-state index is 8.43. The van der Waals surface area contributed by atoms with Crippen LogP contribution in [0.4, 0.5) is 5.95 Å². The molecule has 0 aliphatic heterocycles. The van der Waals surface area contributed by atoms with Crippen molar-refractivity contribution in [2.45, 2.75) is 0 Å². The van der Waals surface area contributed by atoms with E-state index in [2.05, 4.69) is 15.3 Å². The molecule has 0 saturated heterocycles. The predicted octanol–water partition coefficient (Wildman–Crippen LogP) is 0.551. The van der Waals surface area contributed by atoms with E-state index in [1.165, 1.54) is 12.4 Å². The Balaban J connectivity index is 2.15. The maximum Gasteiger partial charge on any atom is 0.222 e. The molecule has 78 valence electrons. The molecule has 1 rings (SSSR count). The highest BCUT2D eigenvalue weighted by molar-refractivity contribution is 6.30. The molecule has 0 atom stereocenters. The van der Waals surface area contributed by atoms with Crippen molar-refractivity contribution in [3.8, 4) is 0 Å². The highest BCUT2D eigenvalue weighted by atomic mass is 35.5. The van der Waals surface area contributed by atoms with Gasteiger partial charge in [-0.2, -0.15) is 0 Å². The number of ether oxygens (including phenoxy) is 1. The minimum absolute atomic E-state index is 0.0391. The molecule has 0 unspecified atom stereocenters. The number of aliphatic hydroxyl groups excluding tert-OH is 1. The van der Waals surface area contributed by atoms with Crippen molar-refractivity contribution in [2.75, 3.05) is 31.7 Å². The molecule has 0 bridgehead atoms. The number of aromatic nitrogens is 2. The Labute approximate surface area is 87.1 Å². The number of nitrogens with zero attached hydrogens (tertiary/aromatic N) is 2. The monoisotopic (exact) mass is 217 g/mol. The number of halogens is 1. The van der Waals surface area contributed by atoms with Crippen LogP contribution in [0.3, 0.4) is 0 Å². The minimum Gasteiger partial charge on any atom is -0.394 e. The normalized spacial score (nSPS) is 10.1. The van der Waals surface area contributed by atoms with Gasteiger partial charge in [0.15, 0.2) is 0 Å². The Kier molecular flexibility index (Phi) is 5.21. The molecule has 1 heterocycles. The number of hydrogen-bond donors (Lipinski definition) is 2. The minimum atomic E-state index is 0.0391. The lowest BCUT2D eigenvalue weighted by Gasteiger charge is -2.04. The molecule has 6 heteroatoms. The fraction of sp³-hybridized carbons (Fsp3) is 0.500. The topological polar surface area (TPSA) is 67.3 Å². The van der Waals surface area contributed by atoms with Crippen molar-refractivity contribution in [3.05, 3.63) is 17.4 Å². The van der Waals surface area contributed by atoms with Gasteiger partial charge in [0, 0.05) is 6.54 Å². The third kappa shape index (κ3) is 4.36. The second kappa shape index (κ2) is 6.53. The van der Waals surface area contributed by atoms with E-state index in [9.17, 15) is 0 Å². The van der Waals surface area contributed by atoms with Crippen LogP contribution >= 0.6 is 11.6 Å². The lowest BCUT2D eigenvalue weighted by molar-refractivity contribution is 0.0991. The lowest BCUT2D eigenvalue weighted by Crippen LogP contribution is -2.12. The van der Waals surface area contributed by atoms with Gasteiger partial charge in [0.1, 0.15) is 0 Å². The molecule has 0 radical (unpaired) electrons. The van der Waals surface area contributed by atoms with Gasteiger partial charge in [-0.3, -0.25) is 0 Å². The zero-order valence-corrected chi connectivity index (χ0v) is 8.37. The van der Waals surface area contributed by atoms with Crippen LogP contribution in [0.5, 0.6) is 0 Å². The van der Waals surface area contributed by atoms with E-state index in [0.717, 1.165) is 0 Å². The molecule has 14 heavy (non-hydrogen) atoms. The van der Waals surface area contributed by atoms with Crippen LogP contribution in [0.25, 0.3) is 0 Å². The first-order valence-corrected chi connectivity index (χ1v) is 4.61. The summed E-state index contributed by atoms with van der Waals surface area (Å²) in [6, 6.07) is 0. The number of rotatable bonds is 6. The van der Waals surface area contributed by atoms with Crippen molar-refractivity contribution in [2.24, 2.45) is 0 Å². The molecule has 1 aromatic rings. The zero-order chi connectivity index (χ0) is 10.2. The van der Waals surface area contributed by atoms with Gasteiger partial charge in [-0.15, -0.1) is 0 Å². The van der Waals surface area contributed by atoms with E-state index in [-0.39, 0.29) is 6.61 Å². The molecular formula is C8H12ClN3O2. The Hall–Kier alpha value is -0.910. The lowest BCUT2D eigenvalue weighted by atomic mass is 10.6. The average Bonchev–Trinajstić information content (AvgIpc) is 2.21. The highest BCUT2D eigenvalue weighted by Gasteiger charge is 1.94. The predicted molar refractivity (Wildman–Crippen MR) is 53.4 cm³/mol. The van der Waals surface area contributed by atoms with Crippen LogP contribution in [0.1, 0.15) is 0 Å². The molecule has 2 N–H and O–H groups in total. The summed E-state index contributed by atoms with van der Waals surface area (Å²) in [7, 11) is 0. The summed E-state index contributed by atoms with van der Waals surface area (Å²) in [5, 5.41) is 11.9. The fourth-order valence-electron chi connectivity index (χ4n) is 0.805. The Morgan fingerprint density at radius 2 is 2.07 bits per heavy atom. The van der Waals surface area contributed by atoms with E-state index >= 15 is 0 Å². The summed E-state index contributed by atoms with van der Waals surface area (Å²) in [4.78, 5) is 7.87. The van der Waals surface area contributed by atoms with Gasteiger partial charge in [0.2, 0.25) is 5.95 Å². The van der Waals surface area contributed by atoms with Crippen LogP contribution in [0, 0.1) is 0 Å². The van der Waals surface area contributed by atoms with Crippen LogP contribution < -0.4 is 5.32 Å². The molecule has 0 aromatic carbocycles. The number of aliphatic hydroxyl groups is 1. The molecule has 0 aliphatic rings. The summed E-state index contributed by atoms with van der Waals surface area (Å²) < 4.78 is 5.03. The summed E-state index contributed by atoms with van der Waals surface area (Å²) in [6.07, 6.45) is 3.04. The average molecular weight is 218 g/mol. The second-order valence-electron chi connectivity index (χ2n) is 2.49. The third-order valence-corrected chi connectivity index (χ3v) is 1.58. The molecular weight excluding hydrogens is 206 g/mol. The summed E-state index contributed by atoms with van der Waals surface area (Å²) in [5.74, 6) is 0.516. The number of nitrogens with one attached hydrogen (secondary N) is 1. The van der Waals surface area contributed by atoms with E-state index in [1.807, 2.05) is 0 Å². The molecule has 5 nitrogen and oxygen atoms in total. The van der Waals surface area contributed by atoms with Crippen LogP contribution in [-0.2, 0) is 4.74 Å². The number of anilines is 1. The molecule has 0 aliphatic carbocycles. The first-order chi connectivity index (χ1) is 6.83. The zero-order valence-electron chi connectivity index (χ0n) is 7.61. The molecule has 0 spiro atoms. The quantitative estimate of drug-likeness (QED) is 0.682. The van der Waals surface area contributed by atoms with E-state index < -0.39 is 0 Å². The molecule has 1 aromatic heterocycles. The molecule has 0 fully saturated rings. The van der Waals surface area contributed by atoms with Crippen molar-refractivity contribution in [3.63, 3.8) is 0 Å². The first kappa shape index (κ1) is 11.2. The standard InChI is InChI=1S/C8H12ClN3O2/c9-7-5-11-8(12-6-7)10-1-3-14-4-2-13/h5-6,13H,1-4H2,(H,10,11,12). The van der Waals surface area contributed by atoms with Crippen molar-refractivity contribution >= 4 is 17.5 Å². The van der Waals surface area contributed by atoms with E-state index in [1.54, 1.807) is 0 Å². The van der Waals surface area contributed by atoms with Crippen LogP contribution in [-0.4, -0.2) is 41.4 Å². The van der Waals surface area contributed by atoms with Crippen molar-refractivity contribution in [1.29, 1.82) is 0 Å². The maximum absolute atomic E-state index is 8.43. The molecule has 0 saturated carbocycles. The van der Waals surface area contributed by atoms with Gasteiger partial charge in [0.25, 0.3) is 0 Å². The van der Waals surface area contributed by atoms with Crippen molar-refractivity contribution in [1.82, 2.24) is 9.97 Å². The van der Waals surface area contributed by atoms with Crippen LogP contribution in [0.2, 0.25) is 5.02 Å². The largest absolute Gasteiger partial charge is 0.394 e. The van der Waals surface area contributed by atoms with Gasteiger partial charge in [-0.1, -0.05) is 11.6 Å². The second-order valence-corrected chi connectivity index (χ2v) is 2.92. The summed E-state index contributed by atoms with van der Waals surface area (Å²) in [5.41, 5.74) is 0. The van der Waals surface area contributed by atoms with Crippen LogP contribution in [0.15, 0.2) is 12.4 Å². The van der Waals surface area contributed by atoms with Gasteiger partial charge in [-0.25, -0.2) is 9.97 Å². The third-order valence-electron chi connectivity index (χ3n) is 1.39. The van der Waals surface area contributed by atoms with Gasteiger partial charge in [0.05, 0.1) is 37.2 Å². The van der Waals surface area contributed by atoms with E-state index in [4.69, 9.17) is 21.4 Å².